The van der Waals surface area contributed by atoms with Crippen molar-refractivity contribution in [3.8, 4) is 0 Å². The molecule has 1 aromatic rings. The van der Waals surface area contributed by atoms with Crippen molar-refractivity contribution in [2.24, 2.45) is 0 Å². The van der Waals surface area contributed by atoms with Crippen LogP contribution in [0, 0.1) is 0 Å². The molecule has 0 amide bonds. The van der Waals surface area contributed by atoms with E-state index < -0.39 is 11.9 Å². The molecule has 1 rings (SSSR count). The Bertz CT molecular complexity index is 514. The van der Waals surface area contributed by atoms with Crippen LogP contribution >= 0.6 is 0 Å². The molecule has 0 radical (unpaired) electrons. The van der Waals surface area contributed by atoms with Gasteiger partial charge >= 0.3 is 11.9 Å². The smallest absolute Gasteiger partial charge is 0.338 e. The Morgan fingerprint density at radius 3 is 2.15 bits per heavy atom. The number of benzene rings is 1. The highest BCUT2D eigenvalue weighted by Gasteiger charge is 2.15. The van der Waals surface area contributed by atoms with Crippen LogP contribution in [-0.2, 0) is 19.1 Å². The molecule has 0 aliphatic carbocycles. The van der Waals surface area contributed by atoms with Gasteiger partial charge in [-0.2, -0.15) is 0 Å². The second-order valence-electron chi connectivity index (χ2n) is 3.77. The number of hydrogen-bond acceptors (Lipinski definition) is 5. The first-order valence-corrected chi connectivity index (χ1v) is 6.23. The minimum Gasteiger partial charge on any atom is -0.463 e. The van der Waals surface area contributed by atoms with Crippen molar-refractivity contribution in [2.45, 2.75) is 13.8 Å². The number of carbonyl (C=O) groups is 3. The van der Waals surface area contributed by atoms with Gasteiger partial charge in [0.2, 0.25) is 0 Å². The van der Waals surface area contributed by atoms with Gasteiger partial charge in [-0.15, -0.1) is 0 Å². The van der Waals surface area contributed by atoms with Gasteiger partial charge in [-0.1, -0.05) is 24.3 Å². The lowest BCUT2D eigenvalue weighted by Crippen LogP contribution is -2.10. The van der Waals surface area contributed by atoms with E-state index in [4.69, 9.17) is 9.47 Å². The first-order valence-electron chi connectivity index (χ1n) is 6.23. The van der Waals surface area contributed by atoms with Crippen molar-refractivity contribution in [2.75, 3.05) is 13.2 Å². The summed E-state index contributed by atoms with van der Waals surface area (Å²) < 4.78 is 9.70. The molecule has 0 aliphatic rings. The molecule has 5 heteroatoms. The molecule has 0 saturated heterocycles. The molecule has 0 fully saturated rings. The maximum absolute atomic E-state index is 11.9. The van der Waals surface area contributed by atoms with E-state index in [2.05, 4.69) is 0 Å². The van der Waals surface area contributed by atoms with E-state index in [-0.39, 0.29) is 18.8 Å². The summed E-state index contributed by atoms with van der Waals surface area (Å²) in [6.07, 6.45) is 1.79. The van der Waals surface area contributed by atoms with Crippen LogP contribution in [0.2, 0.25) is 0 Å². The van der Waals surface area contributed by atoms with Gasteiger partial charge < -0.3 is 9.47 Å². The lowest BCUT2D eigenvalue weighted by molar-refractivity contribution is -0.139. The van der Waals surface area contributed by atoms with Crippen molar-refractivity contribution in [3.05, 3.63) is 41.5 Å². The first-order chi connectivity index (χ1) is 9.62. The molecule has 0 aliphatic heterocycles. The molecule has 0 heterocycles. The Kier molecular flexibility index (Phi) is 6.16. The molecule has 0 N–H and O–H groups in total. The molecule has 0 spiro atoms. The van der Waals surface area contributed by atoms with Crippen LogP contribution in [0.1, 0.15) is 29.8 Å². The highest BCUT2D eigenvalue weighted by Crippen LogP contribution is 2.17. The lowest BCUT2D eigenvalue weighted by atomic mass is 10.0. The molecular formula is C15H16O5. The summed E-state index contributed by atoms with van der Waals surface area (Å²) in [7, 11) is 0. The third-order valence-electron chi connectivity index (χ3n) is 2.40. The average Bonchev–Trinajstić information content (AvgIpc) is 2.45. The fourth-order valence-electron chi connectivity index (χ4n) is 1.51. The fourth-order valence-corrected chi connectivity index (χ4v) is 1.51. The lowest BCUT2D eigenvalue weighted by Gasteiger charge is -2.07. The van der Waals surface area contributed by atoms with Gasteiger partial charge in [-0.05, 0) is 19.4 Å². The zero-order valence-electron chi connectivity index (χ0n) is 11.4. The molecule has 0 aromatic heterocycles. The van der Waals surface area contributed by atoms with Gasteiger partial charge in [-0.3, -0.25) is 4.79 Å². The molecule has 1 aromatic carbocycles. The second kappa shape index (κ2) is 7.89. The van der Waals surface area contributed by atoms with Crippen LogP contribution in [0.15, 0.2) is 30.3 Å². The predicted molar refractivity (Wildman–Crippen MR) is 73.1 cm³/mol. The molecular weight excluding hydrogens is 260 g/mol. The second-order valence-corrected chi connectivity index (χ2v) is 3.77. The number of esters is 2. The number of hydrogen-bond donors (Lipinski definition) is 0. The van der Waals surface area contributed by atoms with Crippen molar-refractivity contribution in [3.63, 3.8) is 0 Å². The number of carbonyl (C=O) groups excluding carboxylic acids is 3. The third kappa shape index (κ3) is 4.35. The molecule has 0 unspecified atom stereocenters. The zero-order valence-corrected chi connectivity index (χ0v) is 11.4. The highest BCUT2D eigenvalue weighted by atomic mass is 16.5. The molecule has 0 atom stereocenters. The van der Waals surface area contributed by atoms with Crippen molar-refractivity contribution in [1.29, 1.82) is 0 Å². The fraction of sp³-hybridized carbons (Fsp3) is 0.267. The van der Waals surface area contributed by atoms with E-state index in [0.717, 1.165) is 6.08 Å². The van der Waals surface area contributed by atoms with E-state index in [1.807, 2.05) is 0 Å². The van der Waals surface area contributed by atoms with Crippen LogP contribution in [0.4, 0.5) is 0 Å². The van der Waals surface area contributed by atoms with Crippen molar-refractivity contribution < 1.29 is 23.9 Å². The maximum atomic E-state index is 11.9. The standard InChI is InChI=1S/C15H16O5/c1-3-19-14(17)9-13(15(18)20-4-2)12-7-5-11(10-16)6-8-12/h5-10H,3-4H2,1-2H3. The quantitative estimate of drug-likeness (QED) is 0.451. The van der Waals surface area contributed by atoms with Crippen LogP contribution in [-0.4, -0.2) is 31.4 Å². The number of aldehydes is 1. The molecule has 5 nitrogen and oxygen atoms in total. The van der Waals surface area contributed by atoms with Crippen LogP contribution in [0.3, 0.4) is 0 Å². The van der Waals surface area contributed by atoms with Crippen LogP contribution < -0.4 is 0 Å². The Labute approximate surface area is 117 Å². The molecule has 0 saturated carbocycles. The molecule has 20 heavy (non-hydrogen) atoms. The van der Waals surface area contributed by atoms with Crippen molar-refractivity contribution in [1.82, 2.24) is 0 Å². The summed E-state index contributed by atoms with van der Waals surface area (Å²) >= 11 is 0. The van der Waals surface area contributed by atoms with E-state index in [1.165, 1.54) is 0 Å². The summed E-state index contributed by atoms with van der Waals surface area (Å²) in [5, 5.41) is 0. The Morgan fingerprint density at radius 1 is 1.05 bits per heavy atom. The van der Waals surface area contributed by atoms with Gasteiger partial charge in [0.1, 0.15) is 6.29 Å². The van der Waals surface area contributed by atoms with Gasteiger partial charge in [0.25, 0.3) is 0 Å². The minimum absolute atomic E-state index is 0.0998. The summed E-state index contributed by atoms with van der Waals surface area (Å²) in [5.41, 5.74) is 1.07. The highest BCUT2D eigenvalue weighted by molar-refractivity contribution is 6.20. The molecule has 0 bridgehead atoms. The number of ether oxygens (including phenoxy) is 2. The van der Waals surface area contributed by atoms with Gasteiger partial charge in [-0.25, -0.2) is 9.59 Å². The van der Waals surface area contributed by atoms with E-state index >= 15 is 0 Å². The maximum Gasteiger partial charge on any atom is 0.338 e. The monoisotopic (exact) mass is 276 g/mol. The van der Waals surface area contributed by atoms with Crippen LogP contribution in [0.5, 0.6) is 0 Å². The van der Waals surface area contributed by atoms with Crippen molar-refractivity contribution >= 4 is 23.8 Å². The third-order valence-corrected chi connectivity index (χ3v) is 2.40. The zero-order chi connectivity index (χ0) is 15.0. The van der Waals surface area contributed by atoms with Gasteiger partial charge in [0.15, 0.2) is 0 Å². The minimum atomic E-state index is -0.616. The summed E-state index contributed by atoms with van der Waals surface area (Å²) in [4.78, 5) is 34.0. The van der Waals surface area contributed by atoms with Gasteiger partial charge in [0, 0.05) is 11.6 Å². The first kappa shape index (κ1) is 15.6. The van der Waals surface area contributed by atoms with Crippen LogP contribution in [0.25, 0.3) is 5.57 Å². The largest absolute Gasteiger partial charge is 0.463 e. The Balaban J connectivity index is 3.11. The topological polar surface area (TPSA) is 69.7 Å². The van der Waals surface area contributed by atoms with E-state index in [0.29, 0.717) is 17.4 Å². The normalized spacial score (nSPS) is 10.8. The SMILES string of the molecule is CCOC(=O)C=C(C(=O)OCC)c1ccc(C=O)cc1. The molecule has 106 valence electrons. The summed E-state index contributed by atoms with van der Waals surface area (Å²) in [5.74, 6) is -1.23. The number of rotatable bonds is 6. The Morgan fingerprint density at radius 2 is 1.65 bits per heavy atom. The predicted octanol–water partition coefficient (Wildman–Crippen LogP) is 2.01. The Hall–Kier alpha value is -2.43. The van der Waals surface area contributed by atoms with Gasteiger partial charge in [0.05, 0.1) is 18.8 Å². The average molecular weight is 276 g/mol. The summed E-state index contributed by atoms with van der Waals surface area (Å²) in [6, 6.07) is 6.26. The van der Waals surface area contributed by atoms with E-state index in [9.17, 15) is 14.4 Å². The van der Waals surface area contributed by atoms with E-state index in [1.54, 1.807) is 38.1 Å². The summed E-state index contributed by atoms with van der Waals surface area (Å²) in [6.45, 7) is 3.77.